The third-order valence-corrected chi connectivity index (χ3v) is 6.02. The van der Waals surface area contributed by atoms with Crippen molar-refractivity contribution in [3.05, 3.63) is 41.7 Å². The molecular formula is C14H16FN3O2S2. The van der Waals surface area contributed by atoms with Gasteiger partial charge in [0, 0.05) is 30.7 Å². The molecule has 1 fully saturated rings. The zero-order chi connectivity index (χ0) is 15.6. The van der Waals surface area contributed by atoms with E-state index in [1.807, 2.05) is 5.38 Å². The number of piperidine rings is 1. The van der Waals surface area contributed by atoms with Gasteiger partial charge in [0.1, 0.15) is 10.7 Å². The van der Waals surface area contributed by atoms with Crippen LogP contribution in [0.15, 0.2) is 40.7 Å². The van der Waals surface area contributed by atoms with E-state index in [2.05, 4.69) is 14.6 Å². The fourth-order valence-electron chi connectivity index (χ4n) is 2.51. The molecule has 22 heavy (non-hydrogen) atoms. The van der Waals surface area contributed by atoms with Gasteiger partial charge in [0.2, 0.25) is 10.0 Å². The molecule has 0 radical (unpaired) electrons. The highest BCUT2D eigenvalue weighted by atomic mass is 32.2. The Morgan fingerprint density at radius 3 is 2.64 bits per heavy atom. The quantitative estimate of drug-likeness (QED) is 0.926. The van der Waals surface area contributed by atoms with Crippen LogP contribution in [0.2, 0.25) is 0 Å². The summed E-state index contributed by atoms with van der Waals surface area (Å²) in [6, 6.07) is 5.24. The van der Waals surface area contributed by atoms with E-state index < -0.39 is 15.8 Å². The zero-order valence-electron chi connectivity index (χ0n) is 11.8. The van der Waals surface area contributed by atoms with Crippen LogP contribution in [-0.4, -0.2) is 32.5 Å². The molecule has 0 unspecified atom stereocenters. The number of anilines is 1. The lowest BCUT2D eigenvalue weighted by atomic mass is 10.1. The number of aromatic nitrogens is 1. The van der Waals surface area contributed by atoms with E-state index in [-0.39, 0.29) is 10.9 Å². The molecule has 0 atom stereocenters. The summed E-state index contributed by atoms with van der Waals surface area (Å²) in [5.41, 5.74) is 0. The second-order valence-electron chi connectivity index (χ2n) is 5.13. The fourth-order valence-corrected chi connectivity index (χ4v) is 4.59. The van der Waals surface area contributed by atoms with Crippen LogP contribution in [0.4, 0.5) is 9.52 Å². The van der Waals surface area contributed by atoms with Gasteiger partial charge < -0.3 is 4.90 Å². The van der Waals surface area contributed by atoms with E-state index in [0.29, 0.717) is 12.8 Å². The van der Waals surface area contributed by atoms with Gasteiger partial charge in [-0.2, -0.15) is 0 Å². The molecule has 118 valence electrons. The lowest BCUT2D eigenvalue weighted by Crippen LogP contribution is -2.44. The summed E-state index contributed by atoms with van der Waals surface area (Å²) in [7, 11) is -3.82. The summed E-state index contributed by atoms with van der Waals surface area (Å²) >= 11 is 1.57. The van der Waals surface area contributed by atoms with Gasteiger partial charge in [0.15, 0.2) is 5.13 Å². The number of halogens is 1. The highest BCUT2D eigenvalue weighted by molar-refractivity contribution is 7.89. The van der Waals surface area contributed by atoms with Gasteiger partial charge in [-0.3, -0.25) is 0 Å². The van der Waals surface area contributed by atoms with E-state index in [9.17, 15) is 12.8 Å². The van der Waals surface area contributed by atoms with E-state index in [0.717, 1.165) is 24.3 Å². The normalized spacial score (nSPS) is 16.9. The molecule has 0 aliphatic carbocycles. The number of nitrogens with one attached hydrogen (secondary N) is 1. The van der Waals surface area contributed by atoms with Crippen LogP contribution < -0.4 is 9.62 Å². The second kappa shape index (κ2) is 6.31. The van der Waals surface area contributed by atoms with Gasteiger partial charge in [-0.25, -0.2) is 22.5 Å². The molecule has 8 heteroatoms. The highest BCUT2D eigenvalue weighted by Gasteiger charge is 2.26. The molecule has 0 bridgehead atoms. The first-order valence-electron chi connectivity index (χ1n) is 6.97. The van der Waals surface area contributed by atoms with Gasteiger partial charge in [-0.15, -0.1) is 11.3 Å². The van der Waals surface area contributed by atoms with Gasteiger partial charge in [-0.05, 0) is 25.0 Å². The first kappa shape index (κ1) is 15.4. The molecule has 2 aromatic rings. The zero-order valence-corrected chi connectivity index (χ0v) is 13.4. The lowest BCUT2D eigenvalue weighted by Gasteiger charge is -2.31. The molecule has 1 saturated heterocycles. The van der Waals surface area contributed by atoms with Crippen LogP contribution in [0, 0.1) is 5.82 Å². The Kier molecular flexibility index (Phi) is 4.42. The van der Waals surface area contributed by atoms with Crippen molar-refractivity contribution in [3.8, 4) is 0 Å². The number of nitrogens with zero attached hydrogens (tertiary/aromatic N) is 2. The monoisotopic (exact) mass is 341 g/mol. The standard InChI is InChI=1S/C14H16FN3O2S2/c15-12-3-1-2-4-13(12)22(19,20)17-11-5-8-18(9-6-11)14-16-7-10-21-14/h1-4,7,10-11,17H,5-6,8-9H2. The molecule has 0 saturated carbocycles. The highest BCUT2D eigenvalue weighted by Crippen LogP contribution is 2.23. The van der Waals surface area contributed by atoms with Crippen molar-refractivity contribution in [1.82, 2.24) is 9.71 Å². The Hall–Kier alpha value is -1.51. The van der Waals surface area contributed by atoms with Crippen LogP contribution >= 0.6 is 11.3 Å². The molecule has 3 rings (SSSR count). The maximum absolute atomic E-state index is 13.7. The number of hydrogen-bond acceptors (Lipinski definition) is 5. The van der Waals surface area contributed by atoms with Crippen LogP contribution in [0.3, 0.4) is 0 Å². The van der Waals surface area contributed by atoms with Crippen LogP contribution in [0.5, 0.6) is 0 Å². The summed E-state index contributed by atoms with van der Waals surface area (Å²) in [5, 5.41) is 2.87. The largest absolute Gasteiger partial charge is 0.348 e. The Morgan fingerprint density at radius 2 is 2.00 bits per heavy atom. The van der Waals surface area contributed by atoms with Crippen molar-refractivity contribution in [1.29, 1.82) is 0 Å². The average molecular weight is 341 g/mol. The van der Waals surface area contributed by atoms with Crippen LogP contribution in [-0.2, 0) is 10.0 Å². The summed E-state index contributed by atoms with van der Waals surface area (Å²) in [4.78, 5) is 6.10. The van der Waals surface area contributed by atoms with Gasteiger partial charge in [0.25, 0.3) is 0 Å². The molecule has 1 aromatic carbocycles. The minimum Gasteiger partial charge on any atom is -0.348 e. The molecule has 5 nitrogen and oxygen atoms in total. The SMILES string of the molecule is O=S(=O)(NC1CCN(c2nccs2)CC1)c1ccccc1F. The third kappa shape index (κ3) is 3.29. The number of thiazole rings is 1. The van der Waals surface area contributed by atoms with Gasteiger partial charge in [-0.1, -0.05) is 12.1 Å². The maximum atomic E-state index is 13.7. The maximum Gasteiger partial charge on any atom is 0.243 e. The van der Waals surface area contributed by atoms with Crippen molar-refractivity contribution in [2.24, 2.45) is 0 Å². The molecule has 1 aliphatic rings. The number of hydrogen-bond donors (Lipinski definition) is 1. The smallest absolute Gasteiger partial charge is 0.243 e. The van der Waals surface area contributed by atoms with E-state index >= 15 is 0 Å². The van der Waals surface area contributed by atoms with E-state index in [1.54, 1.807) is 17.5 Å². The first-order valence-corrected chi connectivity index (χ1v) is 9.34. The molecule has 0 spiro atoms. The Balaban J connectivity index is 1.64. The topological polar surface area (TPSA) is 62.3 Å². The molecule has 0 amide bonds. The molecular weight excluding hydrogens is 325 g/mol. The van der Waals surface area contributed by atoms with Crippen molar-refractivity contribution in [2.45, 2.75) is 23.8 Å². The minimum absolute atomic E-state index is 0.180. The van der Waals surface area contributed by atoms with Crippen molar-refractivity contribution in [3.63, 3.8) is 0 Å². The van der Waals surface area contributed by atoms with Crippen molar-refractivity contribution in [2.75, 3.05) is 18.0 Å². The fraction of sp³-hybridized carbons (Fsp3) is 0.357. The Morgan fingerprint density at radius 1 is 1.27 bits per heavy atom. The first-order chi connectivity index (χ1) is 10.6. The lowest BCUT2D eigenvalue weighted by molar-refractivity contribution is 0.457. The summed E-state index contributed by atoms with van der Waals surface area (Å²) < 4.78 is 40.8. The average Bonchev–Trinajstić information content (AvgIpc) is 3.02. The van der Waals surface area contributed by atoms with Crippen molar-refractivity contribution < 1.29 is 12.8 Å². The third-order valence-electron chi connectivity index (χ3n) is 3.63. The number of benzene rings is 1. The van der Waals surface area contributed by atoms with Gasteiger partial charge >= 0.3 is 0 Å². The molecule has 2 heterocycles. The minimum atomic E-state index is -3.82. The Labute approximate surface area is 132 Å². The number of sulfonamides is 1. The van der Waals surface area contributed by atoms with Gasteiger partial charge in [0.05, 0.1) is 0 Å². The summed E-state index contributed by atoms with van der Waals surface area (Å²) in [5.74, 6) is -0.727. The van der Waals surface area contributed by atoms with Crippen molar-refractivity contribution >= 4 is 26.5 Å². The predicted octanol–water partition coefficient (Wildman–Crippen LogP) is 2.23. The molecule has 1 aromatic heterocycles. The predicted molar refractivity (Wildman–Crippen MR) is 84.1 cm³/mol. The van der Waals surface area contributed by atoms with Crippen LogP contribution in [0.25, 0.3) is 0 Å². The Bertz CT molecular complexity index is 726. The van der Waals surface area contributed by atoms with E-state index in [1.165, 1.54) is 18.2 Å². The second-order valence-corrected chi connectivity index (χ2v) is 7.68. The molecule has 1 N–H and O–H groups in total. The number of rotatable bonds is 4. The van der Waals surface area contributed by atoms with E-state index in [4.69, 9.17) is 0 Å². The summed E-state index contributed by atoms with van der Waals surface area (Å²) in [6.45, 7) is 1.47. The van der Waals surface area contributed by atoms with Crippen LogP contribution in [0.1, 0.15) is 12.8 Å². The molecule has 1 aliphatic heterocycles. The summed E-state index contributed by atoms with van der Waals surface area (Å²) in [6.07, 6.45) is 3.10.